The quantitative estimate of drug-likeness (QED) is 0.340. The molecule has 0 saturated carbocycles. The van der Waals surface area contributed by atoms with Gasteiger partial charge in [-0.3, -0.25) is 4.52 Å². The van der Waals surface area contributed by atoms with Crippen molar-refractivity contribution in [3.05, 3.63) is 35.9 Å². The summed E-state index contributed by atoms with van der Waals surface area (Å²) in [5.74, 6) is 0. The zero-order valence-corrected chi connectivity index (χ0v) is 18.0. The van der Waals surface area contributed by atoms with Gasteiger partial charge in [-0.25, -0.2) is 9.36 Å². The number of phosphoric acid groups is 1. The molecule has 1 unspecified atom stereocenters. The number of carbonyl (C=O) groups excluding carboxylic acids is 1. The minimum atomic E-state index is -4.71. The fourth-order valence-corrected chi connectivity index (χ4v) is 3.32. The predicted molar refractivity (Wildman–Crippen MR) is 108 cm³/mol. The Hall–Kier alpha value is -1.40. The number of carbonyl (C=O) groups is 1. The second-order valence-electron chi connectivity index (χ2n) is 6.49. The van der Waals surface area contributed by atoms with Crippen molar-refractivity contribution in [2.45, 2.75) is 71.9 Å². The summed E-state index contributed by atoms with van der Waals surface area (Å²) in [7, 11) is -4.71. The Bertz CT molecular complexity index is 575. The molecular weight excluding hydrogens is 367 g/mol. The van der Waals surface area contributed by atoms with Gasteiger partial charge in [-0.05, 0) is 25.8 Å². The molecule has 0 spiro atoms. The second kappa shape index (κ2) is 12.9. The van der Waals surface area contributed by atoms with Gasteiger partial charge < -0.3 is 20.4 Å². The maximum atomic E-state index is 12.2. The van der Waals surface area contributed by atoms with Gasteiger partial charge in [0.25, 0.3) is 0 Å². The third-order valence-corrected chi connectivity index (χ3v) is 4.48. The first kappa shape index (κ1) is 25.6. The van der Waals surface area contributed by atoms with Gasteiger partial charge in [0.05, 0.1) is 11.6 Å². The summed E-state index contributed by atoms with van der Waals surface area (Å²) in [6.45, 7) is 9.73. The Morgan fingerprint density at radius 1 is 1.15 bits per heavy atom. The lowest BCUT2D eigenvalue weighted by molar-refractivity contribution is 0.0338. The predicted octanol–water partition coefficient (Wildman–Crippen LogP) is 4.52. The van der Waals surface area contributed by atoms with Crippen molar-refractivity contribution in [3.8, 4) is 0 Å². The molecule has 1 atom stereocenters. The highest BCUT2D eigenvalue weighted by atomic mass is 31.2. The van der Waals surface area contributed by atoms with E-state index >= 15 is 0 Å². The van der Waals surface area contributed by atoms with Crippen molar-refractivity contribution in [2.24, 2.45) is 0 Å². The van der Waals surface area contributed by atoms with Crippen LogP contribution in [0, 0.1) is 0 Å². The highest BCUT2D eigenvalue weighted by molar-refractivity contribution is 7.46. The number of hydrogen-bond acceptors (Lipinski definition) is 3. The van der Waals surface area contributed by atoms with Crippen LogP contribution < -0.4 is 10.6 Å². The highest BCUT2D eigenvalue weighted by Crippen LogP contribution is 2.45. The van der Waals surface area contributed by atoms with E-state index in [-0.39, 0.29) is 0 Å². The number of hydrogen-bond donors (Lipinski definition) is 4. The molecule has 0 saturated heterocycles. The SMILES string of the molecule is CC.CCCCCCNC(=O)NC(c1ccccc1)C(C)(C)OP(=O)(O)O. The Labute approximate surface area is 163 Å². The molecule has 0 bridgehead atoms. The van der Waals surface area contributed by atoms with Crippen LogP contribution in [0.5, 0.6) is 0 Å². The molecule has 1 aromatic rings. The monoisotopic (exact) mass is 402 g/mol. The van der Waals surface area contributed by atoms with Crippen molar-refractivity contribution >= 4 is 13.9 Å². The van der Waals surface area contributed by atoms with E-state index in [1.807, 2.05) is 19.9 Å². The standard InChI is InChI=1S/C17H29N2O5P.C2H6/c1-4-5-6-10-13-18-16(20)19-15(14-11-8-7-9-12-14)17(2,3)24-25(21,22)23;1-2/h7-9,11-12,15H,4-6,10,13H2,1-3H3,(H2,18,19,20)(H2,21,22,23);1-2H3. The number of amides is 2. The first-order chi connectivity index (χ1) is 12.7. The fraction of sp³-hybridized carbons (Fsp3) is 0.632. The summed E-state index contributed by atoms with van der Waals surface area (Å²) in [4.78, 5) is 30.5. The zero-order chi connectivity index (χ0) is 20.9. The molecule has 0 aliphatic heterocycles. The van der Waals surface area contributed by atoms with Crippen molar-refractivity contribution in [3.63, 3.8) is 0 Å². The van der Waals surface area contributed by atoms with Gasteiger partial charge in [-0.2, -0.15) is 0 Å². The van der Waals surface area contributed by atoms with E-state index in [4.69, 9.17) is 14.3 Å². The number of rotatable bonds is 10. The molecule has 27 heavy (non-hydrogen) atoms. The Balaban J connectivity index is 0.00000326. The van der Waals surface area contributed by atoms with Crippen LogP contribution in [0.1, 0.15) is 71.9 Å². The molecule has 0 heterocycles. The molecule has 1 rings (SSSR count). The lowest BCUT2D eigenvalue weighted by atomic mass is 9.92. The van der Waals surface area contributed by atoms with Gasteiger partial charge in [-0.1, -0.05) is 70.4 Å². The van der Waals surface area contributed by atoms with E-state index < -0.39 is 25.5 Å². The van der Waals surface area contributed by atoms with Crippen LogP contribution in [0.4, 0.5) is 4.79 Å². The molecule has 0 aromatic heterocycles. The van der Waals surface area contributed by atoms with E-state index in [1.165, 1.54) is 13.8 Å². The summed E-state index contributed by atoms with van der Waals surface area (Å²) in [6.07, 6.45) is 4.18. The van der Waals surface area contributed by atoms with Crippen LogP contribution in [-0.2, 0) is 9.09 Å². The summed E-state index contributed by atoms with van der Waals surface area (Å²) < 4.78 is 16.2. The van der Waals surface area contributed by atoms with E-state index in [0.29, 0.717) is 12.1 Å². The normalized spacial score (nSPS) is 12.6. The van der Waals surface area contributed by atoms with Crippen LogP contribution in [0.3, 0.4) is 0 Å². The summed E-state index contributed by atoms with van der Waals surface area (Å²) >= 11 is 0. The Morgan fingerprint density at radius 2 is 1.74 bits per heavy atom. The molecule has 0 aliphatic rings. The second-order valence-corrected chi connectivity index (χ2v) is 7.65. The third-order valence-electron chi connectivity index (χ3n) is 3.77. The molecule has 4 N–H and O–H groups in total. The summed E-state index contributed by atoms with van der Waals surface area (Å²) in [5.41, 5.74) is -0.609. The number of phosphoric ester groups is 1. The van der Waals surface area contributed by atoms with Crippen LogP contribution >= 0.6 is 7.82 Å². The van der Waals surface area contributed by atoms with Crippen LogP contribution in [0.2, 0.25) is 0 Å². The van der Waals surface area contributed by atoms with Crippen LogP contribution in [0.25, 0.3) is 0 Å². The van der Waals surface area contributed by atoms with E-state index in [9.17, 15) is 9.36 Å². The zero-order valence-electron chi connectivity index (χ0n) is 17.1. The van der Waals surface area contributed by atoms with Gasteiger partial charge >= 0.3 is 13.9 Å². The third kappa shape index (κ3) is 11.1. The molecule has 7 nitrogen and oxygen atoms in total. The first-order valence-electron chi connectivity index (χ1n) is 9.51. The molecule has 1 aromatic carbocycles. The van der Waals surface area contributed by atoms with Crippen LogP contribution in [0.15, 0.2) is 30.3 Å². The molecule has 2 amide bonds. The number of nitrogens with one attached hydrogen (secondary N) is 2. The van der Waals surface area contributed by atoms with E-state index in [2.05, 4.69) is 17.6 Å². The summed E-state index contributed by atoms with van der Waals surface area (Å²) in [6, 6.07) is 7.84. The maximum absolute atomic E-state index is 12.2. The molecular formula is C19H35N2O5P. The topological polar surface area (TPSA) is 108 Å². The van der Waals surface area contributed by atoms with E-state index in [1.54, 1.807) is 24.3 Å². The lowest BCUT2D eigenvalue weighted by Crippen LogP contribution is -2.47. The first-order valence-corrected chi connectivity index (χ1v) is 11.0. The molecule has 156 valence electrons. The van der Waals surface area contributed by atoms with Crippen molar-refractivity contribution in [2.75, 3.05) is 6.54 Å². The van der Waals surface area contributed by atoms with E-state index in [0.717, 1.165) is 25.7 Å². The Kier molecular flexibility index (Phi) is 12.2. The van der Waals surface area contributed by atoms with Crippen LogP contribution in [-0.4, -0.2) is 28.0 Å². The number of unbranched alkanes of at least 4 members (excludes halogenated alkanes) is 3. The summed E-state index contributed by atoms with van der Waals surface area (Å²) in [5, 5.41) is 5.55. The minimum absolute atomic E-state index is 0.396. The van der Waals surface area contributed by atoms with Crippen molar-refractivity contribution in [1.29, 1.82) is 0 Å². The molecule has 0 radical (unpaired) electrons. The number of urea groups is 1. The largest absolute Gasteiger partial charge is 0.470 e. The smallest absolute Gasteiger partial charge is 0.338 e. The van der Waals surface area contributed by atoms with Gasteiger partial charge in [0.15, 0.2) is 0 Å². The fourth-order valence-electron chi connectivity index (χ4n) is 2.60. The molecule has 0 fully saturated rings. The van der Waals surface area contributed by atoms with Crippen molar-refractivity contribution < 1.29 is 23.7 Å². The van der Waals surface area contributed by atoms with Gasteiger partial charge in [0.2, 0.25) is 0 Å². The van der Waals surface area contributed by atoms with Gasteiger partial charge in [0.1, 0.15) is 0 Å². The van der Waals surface area contributed by atoms with Gasteiger partial charge in [0, 0.05) is 6.54 Å². The molecule has 0 aliphatic carbocycles. The highest BCUT2D eigenvalue weighted by Gasteiger charge is 2.38. The lowest BCUT2D eigenvalue weighted by Gasteiger charge is -2.35. The maximum Gasteiger partial charge on any atom is 0.470 e. The van der Waals surface area contributed by atoms with Crippen molar-refractivity contribution in [1.82, 2.24) is 10.6 Å². The minimum Gasteiger partial charge on any atom is -0.338 e. The molecule has 8 heteroatoms. The van der Waals surface area contributed by atoms with Gasteiger partial charge in [-0.15, -0.1) is 0 Å². The Morgan fingerprint density at radius 3 is 2.26 bits per heavy atom. The average molecular weight is 402 g/mol. The number of benzene rings is 1. The average Bonchev–Trinajstić information content (AvgIpc) is 2.60.